The molecular weight excluding hydrogens is 459 g/mol. The average molecular weight is 484 g/mol. The molecule has 10 heteroatoms. The molecule has 33 heavy (non-hydrogen) atoms. The predicted molar refractivity (Wildman–Crippen MR) is 120 cm³/mol. The molecule has 1 N–H and O–H groups in total. The molecule has 0 fully saturated rings. The number of aromatic nitrogens is 1. The third-order valence-electron chi connectivity index (χ3n) is 5.02. The summed E-state index contributed by atoms with van der Waals surface area (Å²) in [6.45, 7) is 4.03. The minimum Gasteiger partial charge on any atom is -0.494 e. The number of alkyl halides is 3. The molecule has 0 saturated heterocycles. The largest absolute Gasteiger partial charge is 0.494 e. The Morgan fingerprint density at radius 2 is 1.88 bits per heavy atom. The topological polar surface area (TPSA) is 81.7 Å². The van der Waals surface area contributed by atoms with Gasteiger partial charge in [0.05, 0.1) is 10.9 Å². The van der Waals surface area contributed by atoms with Crippen molar-refractivity contribution >= 4 is 22.3 Å². The van der Waals surface area contributed by atoms with Crippen molar-refractivity contribution in [1.82, 2.24) is 4.57 Å². The predicted octanol–water partition coefficient (Wildman–Crippen LogP) is 5.28. The first-order valence-corrected chi connectivity index (χ1v) is 11.4. The molecule has 1 aromatic carbocycles. The molecule has 178 valence electrons. The van der Waals surface area contributed by atoms with E-state index in [1.54, 1.807) is 12.2 Å². The molecule has 0 bridgehead atoms. The van der Waals surface area contributed by atoms with Crippen molar-refractivity contribution in [3.63, 3.8) is 0 Å². The van der Waals surface area contributed by atoms with Gasteiger partial charge in [0.25, 0.3) is 0 Å². The van der Waals surface area contributed by atoms with Crippen molar-refractivity contribution in [2.24, 2.45) is 0 Å². The second-order valence-corrected chi connectivity index (χ2v) is 8.27. The van der Waals surface area contributed by atoms with Gasteiger partial charge < -0.3 is 14.3 Å². The van der Waals surface area contributed by atoms with Crippen molar-refractivity contribution in [2.45, 2.75) is 52.3 Å². The monoisotopic (exact) mass is 483 g/mol. The second kappa shape index (κ2) is 10.3. The molecule has 2 aromatic heterocycles. The van der Waals surface area contributed by atoms with Gasteiger partial charge in [-0.3, -0.25) is 9.36 Å². The Bertz CT molecular complexity index is 1270. The third kappa shape index (κ3) is 5.50. The van der Waals surface area contributed by atoms with Crippen LogP contribution in [0.2, 0.25) is 0 Å². The highest BCUT2D eigenvalue weighted by Gasteiger charge is 2.35. The van der Waals surface area contributed by atoms with Crippen LogP contribution in [0.25, 0.3) is 11.0 Å². The van der Waals surface area contributed by atoms with E-state index in [-0.39, 0.29) is 34.9 Å². The maximum Gasteiger partial charge on any atom is 0.417 e. The van der Waals surface area contributed by atoms with Gasteiger partial charge in [0.15, 0.2) is 0 Å². The molecule has 0 atom stereocenters. The van der Waals surface area contributed by atoms with Gasteiger partial charge in [0, 0.05) is 23.6 Å². The summed E-state index contributed by atoms with van der Waals surface area (Å²) in [5, 5.41) is 10.8. The fourth-order valence-corrected chi connectivity index (χ4v) is 4.25. The molecule has 6 nitrogen and oxygen atoms in total. The van der Waals surface area contributed by atoms with Crippen LogP contribution in [0.5, 0.6) is 11.6 Å². The molecular formula is C23H24F3NO5S. The summed E-state index contributed by atoms with van der Waals surface area (Å²) in [5.41, 5.74) is -1.15. The molecule has 0 aliphatic carbocycles. The molecule has 3 rings (SSSR count). The quantitative estimate of drug-likeness (QED) is 0.331. The first kappa shape index (κ1) is 24.6. The van der Waals surface area contributed by atoms with Gasteiger partial charge in [0.2, 0.25) is 5.88 Å². The molecule has 0 aliphatic rings. The summed E-state index contributed by atoms with van der Waals surface area (Å²) in [7, 11) is 0. The maximum atomic E-state index is 13.6. The van der Waals surface area contributed by atoms with Crippen LogP contribution in [-0.4, -0.2) is 16.3 Å². The van der Waals surface area contributed by atoms with Gasteiger partial charge in [-0.15, -0.1) is 0 Å². The number of hydrogen-bond acceptors (Lipinski definition) is 6. The Hall–Kier alpha value is -3.01. The van der Waals surface area contributed by atoms with Gasteiger partial charge in [-0.05, 0) is 30.5 Å². The molecule has 0 aliphatic heterocycles. The Morgan fingerprint density at radius 1 is 1.15 bits per heavy atom. The first-order chi connectivity index (χ1) is 15.7. The number of nitrogens with zero attached hydrogens (tertiary/aromatic N) is 1. The van der Waals surface area contributed by atoms with Crippen LogP contribution in [0.1, 0.15) is 43.4 Å². The molecule has 0 amide bonds. The van der Waals surface area contributed by atoms with Crippen molar-refractivity contribution in [2.75, 3.05) is 6.61 Å². The van der Waals surface area contributed by atoms with Crippen LogP contribution >= 0.6 is 11.3 Å². The number of allylic oxidation sites excluding steroid dienone is 1. The first-order valence-electron chi connectivity index (χ1n) is 10.5. The second-order valence-electron chi connectivity index (χ2n) is 7.45. The summed E-state index contributed by atoms with van der Waals surface area (Å²) < 4.78 is 53.3. The Morgan fingerprint density at radius 3 is 2.48 bits per heavy atom. The van der Waals surface area contributed by atoms with Crippen molar-refractivity contribution < 1.29 is 27.4 Å². The lowest BCUT2D eigenvalue weighted by Crippen LogP contribution is -2.13. The Labute approximate surface area is 191 Å². The Kier molecular flexibility index (Phi) is 7.68. The summed E-state index contributed by atoms with van der Waals surface area (Å²) in [6.07, 6.45) is 0.754. The standard InChI is InChI=1S/C23H24F3NO5S/c1-3-7-14-11-16-17(23(24,25)26)12-19(29)32-21(16)15(8-4-2)20(14)31-10-6-5-9-27-18(28)13-33-22(27)30/h5-6,11-13,28H,3-4,7-10H2,1-2H3. The fraction of sp³-hybridized carbons (Fsp3) is 0.391. The highest BCUT2D eigenvalue weighted by atomic mass is 32.1. The van der Waals surface area contributed by atoms with Crippen LogP contribution in [0.15, 0.2) is 43.7 Å². The lowest BCUT2D eigenvalue weighted by molar-refractivity contribution is -0.136. The lowest BCUT2D eigenvalue weighted by atomic mass is 9.96. The Balaban J connectivity index is 2.01. The van der Waals surface area contributed by atoms with Gasteiger partial charge >= 0.3 is 16.7 Å². The van der Waals surface area contributed by atoms with Gasteiger partial charge in [-0.1, -0.05) is 44.1 Å². The van der Waals surface area contributed by atoms with Crippen molar-refractivity contribution in [3.05, 3.63) is 66.4 Å². The van der Waals surface area contributed by atoms with Crippen LogP contribution in [-0.2, 0) is 25.6 Å². The van der Waals surface area contributed by atoms with Crippen LogP contribution < -0.4 is 15.2 Å². The van der Waals surface area contributed by atoms with E-state index < -0.39 is 17.4 Å². The van der Waals surface area contributed by atoms with Crippen LogP contribution in [0.3, 0.4) is 0 Å². The molecule has 0 radical (unpaired) electrons. The molecule has 0 unspecified atom stereocenters. The smallest absolute Gasteiger partial charge is 0.417 e. The van der Waals surface area contributed by atoms with Crippen molar-refractivity contribution in [1.29, 1.82) is 0 Å². The lowest BCUT2D eigenvalue weighted by Gasteiger charge is -2.18. The number of thiazole rings is 1. The fourth-order valence-electron chi connectivity index (χ4n) is 3.62. The number of fused-ring (bicyclic) bond motifs is 1. The highest BCUT2D eigenvalue weighted by Crippen LogP contribution is 2.40. The van der Waals surface area contributed by atoms with E-state index in [9.17, 15) is 27.9 Å². The van der Waals surface area contributed by atoms with Crippen LogP contribution in [0, 0.1) is 0 Å². The van der Waals surface area contributed by atoms with E-state index in [0.717, 1.165) is 11.3 Å². The summed E-state index contributed by atoms with van der Waals surface area (Å²) >= 11 is 0.888. The summed E-state index contributed by atoms with van der Waals surface area (Å²) in [6, 6.07) is 1.88. The minimum absolute atomic E-state index is 0.0851. The zero-order chi connectivity index (χ0) is 24.2. The van der Waals surface area contributed by atoms with E-state index in [1.807, 2.05) is 13.8 Å². The van der Waals surface area contributed by atoms with E-state index in [1.165, 1.54) is 16.0 Å². The van der Waals surface area contributed by atoms with E-state index in [4.69, 9.17) is 9.15 Å². The van der Waals surface area contributed by atoms with Crippen molar-refractivity contribution in [3.8, 4) is 11.6 Å². The molecule has 0 spiro atoms. The van der Waals surface area contributed by atoms with E-state index in [0.29, 0.717) is 48.6 Å². The van der Waals surface area contributed by atoms with Crippen LogP contribution in [0.4, 0.5) is 13.2 Å². The third-order valence-corrected chi connectivity index (χ3v) is 5.77. The number of halogens is 3. The molecule has 2 heterocycles. The number of benzene rings is 1. The normalized spacial score (nSPS) is 12.2. The van der Waals surface area contributed by atoms with Gasteiger partial charge in [-0.25, -0.2) is 4.79 Å². The number of rotatable bonds is 9. The van der Waals surface area contributed by atoms with Gasteiger partial charge in [-0.2, -0.15) is 13.2 Å². The summed E-state index contributed by atoms with van der Waals surface area (Å²) in [4.78, 5) is 23.3. The number of hydrogen-bond donors (Lipinski definition) is 1. The minimum atomic E-state index is -4.70. The maximum absolute atomic E-state index is 13.6. The van der Waals surface area contributed by atoms with Gasteiger partial charge in [0.1, 0.15) is 17.9 Å². The summed E-state index contributed by atoms with van der Waals surface area (Å²) in [5.74, 6) is 0.282. The number of aryl methyl sites for hydroxylation is 2. The van der Waals surface area contributed by atoms with E-state index >= 15 is 0 Å². The highest BCUT2D eigenvalue weighted by molar-refractivity contribution is 7.07. The van der Waals surface area contributed by atoms with E-state index in [2.05, 4.69) is 0 Å². The SMILES string of the molecule is CCCc1cc2c(C(F)(F)F)cc(=O)oc2c(CCC)c1OCC=CCn1c(O)csc1=O. The molecule has 0 saturated carbocycles. The number of aromatic hydroxyl groups is 1. The molecule has 3 aromatic rings. The zero-order valence-electron chi connectivity index (χ0n) is 18.2. The zero-order valence-corrected chi connectivity index (χ0v) is 19.0. The average Bonchev–Trinajstić information content (AvgIpc) is 3.06. The number of ether oxygens (including phenoxy) is 1.